The van der Waals surface area contributed by atoms with Gasteiger partial charge in [-0.25, -0.2) is 4.39 Å². The lowest BCUT2D eigenvalue weighted by atomic mass is 10.1. The normalized spacial score (nSPS) is 12.9. The van der Waals surface area contributed by atoms with Gasteiger partial charge in [-0.15, -0.1) is 0 Å². The predicted molar refractivity (Wildman–Crippen MR) is 66.5 cm³/mol. The monoisotopic (exact) mass is 238 g/mol. The van der Waals surface area contributed by atoms with E-state index in [0.717, 1.165) is 12.8 Å². The highest BCUT2D eigenvalue weighted by Crippen LogP contribution is 2.14. The molecule has 1 N–H and O–H groups in total. The summed E-state index contributed by atoms with van der Waals surface area (Å²) in [5, 5.41) is 8.56. The van der Waals surface area contributed by atoms with Gasteiger partial charge in [0.15, 0.2) is 0 Å². The number of hydrogen-bond acceptors (Lipinski definition) is 2. The van der Waals surface area contributed by atoms with E-state index in [1.807, 2.05) is 6.08 Å². The van der Waals surface area contributed by atoms with Crippen LogP contribution in [0.1, 0.15) is 19.8 Å². The van der Waals surface area contributed by atoms with Gasteiger partial charge < -0.3 is 9.84 Å². The second kappa shape index (κ2) is 7.85. The van der Waals surface area contributed by atoms with Gasteiger partial charge in [-0.05, 0) is 43.0 Å². The smallest absolute Gasteiger partial charge is 0.123 e. The highest BCUT2D eigenvalue weighted by Gasteiger charge is 2.02. The van der Waals surface area contributed by atoms with E-state index < -0.39 is 0 Å². The fraction of sp³-hybridized carbons (Fsp3) is 0.429. The number of aliphatic hydroxyl groups excluding tert-OH is 1. The second-order valence-electron chi connectivity index (χ2n) is 4.10. The van der Waals surface area contributed by atoms with Crippen LogP contribution in [0.4, 0.5) is 4.39 Å². The van der Waals surface area contributed by atoms with Crippen molar-refractivity contribution in [3.63, 3.8) is 0 Å². The van der Waals surface area contributed by atoms with Crippen LogP contribution >= 0.6 is 0 Å². The van der Waals surface area contributed by atoms with E-state index in [2.05, 4.69) is 6.92 Å². The maximum atomic E-state index is 12.6. The van der Waals surface area contributed by atoms with Gasteiger partial charge in [-0.3, -0.25) is 0 Å². The molecule has 3 heteroatoms. The van der Waals surface area contributed by atoms with Crippen LogP contribution in [0.5, 0.6) is 5.75 Å². The molecule has 0 amide bonds. The van der Waals surface area contributed by atoms with Gasteiger partial charge in [-0.2, -0.15) is 0 Å². The Kier molecular flexibility index (Phi) is 6.33. The zero-order valence-corrected chi connectivity index (χ0v) is 10.1. The van der Waals surface area contributed by atoms with Crippen LogP contribution in [0.3, 0.4) is 0 Å². The number of rotatable bonds is 7. The lowest BCUT2D eigenvalue weighted by Crippen LogP contribution is -2.08. The molecule has 0 fully saturated rings. The molecule has 2 nitrogen and oxygen atoms in total. The molecule has 94 valence electrons. The first-order valence-corrected chi connectivity index (χ1v) is 5.86. The van der Waals surface area contributed by atoms with Crippen molar-refractivity contribution < 1.29 is 14.2 Å². The maximum Gasteiger partial charge on any atom is 0.123 e. The Balaban J connectivity index is 2.21. The second-order valence-corrected chi connectivity index (χ2v) is 4.10. The van der Waals surface area contributed by atoms with Crippen LogP contribution in [0.15, 0.2) is 36.4 Å². The van der Waals surface area contributed by atoms with E-state index in [-0.39, 0.29) is 12.4 Å². The third-order valence-electron chi connectivity index (χ3n) is 2.45. The molecule has 1 aromatic carbocycles. The third kappa shape index (κ3) is 6.07. The SMILES string of the molecule is C[C@H](CC/C=C/CO)COc1ccc(F)cc1. The minimum absolute atomic E-state index is 0.0977. The molecular formula is C14H19FO2. The average molecular weight is 238 g/mol. The molecule has 1 aromatic rings. The molecule has 0 unspecified atom stereocenters. The summed E-state index contributed by atoms with van der Waals surface area (Å²) in [7, 11) is 0. The summed E-state index contributed by atoms with van der Waals surface area (Å²) >= 11 is 0. The summed E-state index contributed by atoms with van der Waals surface area (Å²) in [6.07, 6.45) is 5.66. The highest BCUT2D eigenvalue weighted by molar-refractivity contribution is 5.21. The molecule has 0 spiro atoms. The highest BCUT2D eigenvalue weighted by atomic mass is 19.1. The van der Waals surface area contributed by atoms with Gasteiger partial charge in [-0.1, -0.05) is 19.1 Å². The molecule has 0 saturated carbocycles. The molecule has 0 aliphatic heterocycles. The maximum absolute atomic E-state index is 12.6. The lowest BCUT2D eigenvalue weighted by Gasteiger charge is -2.11. The first kappa shape index (κ1) is 13.7. The summed E-state index contributed by atoms with van der Waals surface area (Å²) in [6.45, 7) is 2.83. The summed E-state index contributed by atoms with van der Waals surface area (Å²) < 4.78 is 18.2. The van der Waals surface area contributed by atoms with Crippen molar-refractivity contribution in [3.05, 3.63) is 42.2 Å². The quantitative estimate of drug-likeness (QED) is 0.739. The van der Waals surface area contributed by atoms with Crippen molar-refractivity contribution in [2.75, 3.05) is 13.2 Å². The summed E-state index contributed by atoms with van der Waals surface area (Å²) in [6, 6.07) is 6.05. The van der Waals surface area contributed by atoms with E-state index in [9.17, 15) is 4.39 Å². The first-order valence-electron chi connectivity index (χ1n) is 5.86. The van der Waals surface area contributed by atoms with Crippen LogP contribution in [-0.4, -0.2) is 18.3 Å². The summed E-state index contributed by atoms with van der Waals surface area (Å²) in [5.74, 6) is 0.882. The van der Waals surface area contributed by atoms with Crippen LogP contribution in [0.2, 0.25) is 0 Å². The minimum Gasteiger partial charge on any atom is -0.493 e. The Labute approximate surface area is 102 Å². The molecule has 0 heterocycles. The molecule has 0 bridgehead atoms. The van der Waals surface area contributed by atoms with Crippen LogP contribution in [0.25, 0.3) is 0 Å². The number of benzene rings is 1. The van der Waals surface area contributed by atoms with Crippen molar-refractivity contribution in [2.24, 2.45) is 5.92 Å². The zero-order valence-electron chi connectivity index (χ0n) is 10.1. The Bertz CT molecular complexity index is 333. The molecule has 1 rings (SSSR count). The fourth-order valence-electron chi connectivity index (χ4n) is 1.43. The third-order valence-corrected chi connectivity index (χ3v) is 2.45. The molecule has 0 aliphatic carbocycles. The van der Waals surface area contributed by atoms with Gasteiger partial charge in [0.1, 0.15) is 11.6 Å². The fourth-order valence-corrected chi connectivity index (χ4v) is 1.43. The van der Waals surface area contributed by atoms with Gasteiger partial charge >= 0.3 is 0 Å². The van der Waals surface area contributed by atoms with Crippen LogP contribution in [0, 0.1) is 11.7 Å². The summed E-state index contributed by atoms with van der Waals surface area (Å²) in [4.78, 5) is 0. The Hall–Kier alpha value is -1.35. The largest absolute Gasteiger partial charge is 0.493 e. The van der Waals surface area contributed by atoms with Gasteiger partial charge in [0.05, 0.1) is 13.2 Å². The Morgan fingerprint density at radius 2 is 2.00 bits per heavy atom. The number of aliphatic hydroxyl groups is 1. The molecule has 1 atom stereocenters. The molecule has 0 radical (unpaired) electrons. The molecule has 17 heavy (non-hydrogen) atoms. The van der Waals surface area contributed by atoms with Gasteiger partial charge in [0.25, 0.3) is 0 Å². The van der Waals surface area contributed by atoms with E-state index in [1.54, 1.807) is 18.2 Å². The van der Waals surface area contributed by atoms with Crippen LogP contribution < -0.4 is 4.74 Å². The number of hydrogen-bond donors (Lipinski definition) is 1. The topological polar surface area (TPSA) is 29.5 Å². The molecule has 0 aromatic heterocycles. The Morgan fingerprint density at radius 3 is 2.65 bits per heavy atom. The van der Waals surface area contributed by atoms with Crippen molar-refractivity contribution in [3.8, 4) is 5.75 Å². The van der Waals surface area contributed by atoms with Crippen molar-refractivity contribution in [1.29, 1.82) is 0 Å². The number of ether oxygens (including phenoxy) is 1. The van der Waals surface area contributed by atoms with Gasteiger partial charge in [0.2, 0.25) is 0 Å². The Morgan fingerprint density at radius 1 is 1.29 bits per heavy atom. The van der Waals surface area contributed by atoms with Crippen molar-refractivity contribution >= 4 is 0 Å². The lowest BCUT2D eigenvalue weighted by molar-refractivity contribution is 0.253. The molecule has 0 saturated heterocycles. The van der Waals surface area contributed by atoms with E-state index in [4.69, 9.17) is 9.84 Å². The standard InChI is InChI=1S/C14H19FO2/c1-12(5-3-2-4-10-16)11-17-14-8-6-13(15)7-9-14/h2,4,6-9,12,16H,3,5,10-11H2,1H3/b4-2+/t12-/m1/s1. The first-order chi connectivity index (χ1) is 8.22. The predicted octanol–water partition coefficient (Wildman–Crippen LogP) is 3.17. The number of allylic oxidation sites excluding steroid dienone is 1. The van der Waals surface area contributed by atoms with E-state index in [1.165, 1.54) is 12.1 Å². The van der Waals surface area contributed by atoms with Crippen molar-refractivity contribution in [1.82, 2.24) is 0 Å². The minimum atomic E-state index is -0.250. The van der Waals surface area contributed by atoms with E-state index >= 15 is 0 Å². The summed E-state index contributed by atoms with van der Waals surface area (Å²) in [5.41, 5.74) is 0. The van der Waals surface area contributed by atoms with Gasteiger partial charge in [0, 0.05) is 0 Å². The zero-order chi connectivity index (χ0) is 12.5. The van der Waals surface area contributed by atoms with Crippen LogP contribution in [-0.2, 0) is 0 Å². The van der Waals surface area contributed by atoms with E-state index in [0.29, 0.717) is 18.3 Å². The van der Waals surface area contributed by atoms with Crippen molar-refractivity contribution in [2.45, 2.75) is 19.8 Å². The number of halogens is 1. The molecular weight excluding hydrogens is 219 g/mol. The molecule has 0 aliphatic rings. The average Bonchev–Trinajstić information content (AvgIpc) is 2.34.